The summed E-state index contributed by atoms with van der Waals surface area (Å²) in [5, 5.41) is 30.0. The number of nitrogens with zero attached hydrogens (tertiary/aromatic N) is 2. The molecule has 9 nitrogen and oxygen atoms in total. The van der Waals surface area contributed by atoms with Crippen molar-refractivity contribution in [2.45, 2.75) is 44.9 Å². The van der Waals surface area contributed by atoms with E-state index < -0.39 is 12.1 Å². The van der Waals surface area contributed by atoms with Gasteiger partial charge in [0.25, 0.3) is 5.91 Å². The van der Waals surface area contributed by atoms with E-state index in [4.69, 9.17) is 4.74 Å². The molecule has 3 aromatic carbocycles. The number of nitriles is 1. The fourth-order valence-electron chi connectivity index (χ4n) is 4.97. The maximum atomic E-state index is 13.6. The number of carbonyl (C=O) groups excluding carboxylic acids is 2. The Labute approximate surface area is 241 Å². The van der Waals surface area contributed by atoms with Gasteiger partial charge in [-0.15, -0.1) is 0 Å². The third kappa shape index (κ3) is 7.84. The summed E-state index contributed by atoms with van der Waals surface area (Å²) in [6, 6.07) is 22.0. The Morgan fingerprint density at radius 3 is 2.61 bits per heavy atom. The molecule has 41 heavy (non-hydrogen) atoms. The highest BCUT2D eigenvalue weighted by atomic mass is 16.5. The lowest BCUT2D eigenvalue weighted by Gasteiger charge is -2.25. The Hall–Kier alpha value is -4.39. The highest BCUT2D eigenvalue weighted by molar-refractivity contribution is 6.00. The van der Waals surface area contributed by atoms with Gasteiger partial charge in [-0.1, -0.05) is 36.4 Å². The summed E-state index contributed by atoms with van der Waals surface area (Å²) in [5.41, 5.74) is 4.21. The van der Waals surface area contributed by atoms with Gasteiger partial charge < -0.3 is 30.7 Å². The zero-order valence-electron chi connectivity index (χ0n) is 23.5. The molecule has 4 rings (SSSR count). The summed E-state index contributed by atoms with van der Waals surface area (Å²) in [6.45, 7) is 3.95. The van der Waals surface area contributed by atoms with Crippen molar-refractivity contribution in [2.75, 3.05) is 37.0 Å². The minimum Gasteiger partial charge on any atom is -0.495 e. The van der Waals surface area contributed by atoms with Crippen LogP contribution < -0.4 is 25.6 Å². The maximum Gasteiger partial charge on any atom is 0.251 e. The third-order valence-electron chi connectivity index (χ3n) is 7.09. The van der Waals surface area contributed by atoms with Gasteiger partial charge in [-0.2, -0.15) is 5.26 Å². The maximum absolute atomic E-state index is 13.6. The van der Waals surface area contributed by atoms with Gasteiger partial charge in [-0.05, 0) is 61.2 Å². The van der Waals surface area contributed by atoms with Crippen LogP contribution in [-0.4, -0.2) is 55.8 Å². The molecule has 0 unspecified atom stereocenters. The Morgan fingerprint density at radius 1 is 1.12 bits per heavy atom. The second-order valence-electron chi connectivity index (χ2n) is 10.1. The molecule has 0 aromatic heterocycles. The Kier molecular flexibility index (Phi) is 10.3. The standard InChI is InChI=1S/C32H37N5O4/c1-3-35-26-16-25(17-27(18-26)37-13-7-10-31(37)39)32(40)36-28(14-22-8-5-4-6-9-22)29(38)21-34-20-23-11-12-24(19-33)30(15-23)41-2/h4-6,8-9,11-12,15-18,28-29,34-35,38H,3,7,10,13-14,20-21H2,1-2H3,(H,36,40)/t28-,29-/m0/s1. The Morgan fingerprint density at radius 2 is 1.93 bits per heavy atom. The molecule has 0 spiro atoms. The molecular formula is C32H37N5O4. The number of benzene rings is 3. The van der Waals surface area contributed by atoms with Crippen LogP contribution in [0, 0.1) is 11.3 Å². The number of aliphatic hydroxyl groups excluding tert-OH is 1. The van der Waals surface area contributed by atoms with Crippen LogP contribution in [-0.2, 0) is 17.8 Å². The molecule has 0 aliphatic carbocycles. The van der Waals surface area contributed by atoms with E-state index in [9.17, 15) is 20.0 Å². The van der Waals surface area contributed by atoms with Crippen molar-refractivity contribution in [3.8, 4) is 11.8 Å². The molecule has 4 N–H and O–H groups in total. The van der Waals surface area contributed by atoms with E-state index in [1.54, 1.807) is 29.2 Å². The summed E-state index contributed by atoms with van der Waals surface area (Å²) in [5.74, 6) is 0.221. The zero-order valence-corrected chi connectivity index (χ0v) is 23.5. The molecule has 2 amide bonds. The molecular weight excluding hydrogens is 518 g/mol. The molecule has 0 bridgehead atoms. The van der Waals surface area contributed by atoms with Crippen LogP contribution in [0.4, 0.5) is 11.4 Å². The van der Waals surface area contributed by atoms with Crippen LogP contribution in [0.1, 0.15) is 46.8 Å². The first-order valence-electron chi connectivity index (χ1n) is 13.9. The first kappa shape index (κ1) is 29.6. The first-order valence-corrected chi connectivity index (χ1v) is 13.9. The smallest absolute Gasteiger partial charge is 0.251 e. The quantitative estimate of drug-likeness (QED) is 0.254. The van der Waals surface area contributed by atoms with E-state index in [1.807, 2.05) is 49.4 Å². The van der Waals surface area contributed by atoms with Crippen molar-refractivity contribution in [3.05, 3.63) is 89.0 Å². The number of aliphatic hydroxyl groups is 1. The van der Waals surface area contributed by atoms with Crippen molar-refractivity contribution in [3.63, 3.8) is 0 Å². The fraction of sp³-hybridized carbons (Fsp3) is 0.344. The summed E-state index contributed by atoms with van der Waals surface area (Å²) in [4.78, 5) is 27.7. The van der Waals surface area contributed by atoms with E-state index in [-0.39, 0.29) is 18.4 Å². The third-order valence-corrected chi connectivity index (χ3v) is 7.09. The predicted molar refractivity (Wildman–Crippen MR) is 159 cm³/mol. The van der Waals surface area contributed by atoms with Crippen molar-refractivity contribution >= 4 is 23.2 Å². The number of nitrogens with one attached hydrogen (secondary N) is 3. The lowest BCUT2D eigenvalue weighted by Crippen LogP contribution is -2.48. The van der Waals surface area contributed by atoms with E-state index in [1.165, 1.54) is 7.11 Å². The van der Waals surface area contributed by atoms with Gasteiger partial charge in [-0.3, -0.25) is 9.59 Å². The van der Waals surface area contributed by atoms with Gasteiger partial charge in [0.05, 0.1) is 24.8 Å². The van der Waals surface area contributed by atoms with E-state index in [2.05, 4.69) is 22.0 Å². The van der Waals surface area contributed by atoms with E-state index >= 15 is 0 Å². The van der Waals surface area contributed by atoms with Crippen LogP contribution in [0.15, 0.2) is 66.7 Å². The van der Waals surface area contributed by atoms with Gasteiger partial charge in [0.1, 0.15) is 11.8 Å². The number of ether oxygens (including phenoxy) is 1. The van der Waals surface area contributed by atoms with Crippen LogP contribution in [0.2, 0.25) is 0 Å². The summed E-state index contributed by atoms with van der Waals surface area (Å²) < 4.78 is 5.29. The summed E-state index contributed by atoms with van der Waals surface area (Å²) >= 11 is 0. The number of amides is 2. The van der Waals surface area contributed by atoms with Crippen molar-refractivity contribution in [1.29, 1.82) is 5.26 Å². The molecule has 1 aliphatic heterocycles. The Bertz CT molecular complexity index is 1390. The Balaban J connectivity index is 1.49. The number of rotatable bonds is 13. The SMILES string of the molecule is CCNc1cc(C(=O)N[C@@H](Cc2ccccc2)[C@@H](O)CNCc2ccc(C#N)c(OC)c2)cc(N2CCCC2=O)c1. The van der Waals surface area contributed by atoms with Gasteiger partial charge in [-0.25, -0.2) is 0 Å². The average Bonchev–Trinajstić information content (AvgIpc) is 3.42. The topological polar surface area (TPSA) is 127 Å². The fourth-order valence-corrected chi connectivity index (χ4v) is 4.97. The largest absolute Gasteiger partial charge is 0.495 e. The number of carbonyl (C=O) groups is 2. The van der Waals surface area contributed by atoms with E-state index in [0.29, 0.717) is 55.0 Å². The molecule has 2 atom stereocenters. The average molecular weight is 556 g/mol. The molecule has 0 radical (unpaired) electrons. The molecule has 0 saturated carbocycles. The van der Waals surface area contributed by atoms with Crippen LogP contribution in [0.3, 0.4) is 0 Å². The highest BCUT2D eigenvalue weighted by Crippen LogP contribution is 2.27. The lowest BCUT2D eigenvalue weighted by molar-refractivity contribution is -0.117. The van der Waals surface area contributed by atoms with Gasteiger partial charge in [0.15, 0.2) is 0 Å². The highest BCUT2D eigenvalue weighted by Gasteiger charge is 2.26. The van der Waals surface area contributed by atoms with Crippen LogP contribution in [0.5, 0.6) is 5.75 Å². The molecule has 1 fully saturated rings. The number of methoxy groups -OCH3 is 1. The predicted octanol–water partition coefficient (Wildman–Crippen LogP) is 3.62. The zero-order chi connectivity index (χ0) is 29.2. The van der Waals surface area contributed by atoms with Gasteiger partial charge in [0.2, 0.25) is 5.91 Å². The second-order valence-corrected chi connectivity index (χ2v) is 10.1. The van der Waals surface area contributed by atoms with Crippen molar-refractivity contribution < 1.29 is 19.4 Å². The van der Waals surface area contributed by atoms with Crippen LogP contribution >= 0.6 is 0 Å². The molecule has 3 aromatic rings. The lowest BCUT2D eigenvalue weighted by atomic mass is 10.00. The second kappa shape index (κ2) is 14.3. The normalized spacial score (nSPS) is 14.3. The summed E-state index contributed by atoms with van der Waals surface area (Å²) in [6.07, 6.45) is 0.834. The van der Waals surface area contributed by atoms with Crippen molar-refractivity contribution in [2.24, 2.45) is 0 Å². The molecule has 1 aliphatic rings. The minimum absolute atomic E-state index is 0.0494. The van der Waals surface area contributed by atoms with Crippen molar-refractivity contribution in [1.82, 2.24) is 10.6 Å². The van der Waals surface area contributed by atoms with Gasteiger partial charge in [0, 0.05) is 49.5 Å². The monoisotopic (exact) mass is 555 g/mol. The molecule has 214 valence electrons. The number of hydrogen-bond donors (Lipinski definition) is 4. The van der Waals surface area contributed by atoms with E-state index in [0.717, 1.165) is 23.2 Å². The summed E-state index contributed by atoms with van der Waals surface area (Å²) in [7, 11) is 1.52. The molecule has 1 saturated heterocycles. The first-order chi connectivity index (χ1) is 19.9. The van der Waals surface area contributed by atoms with Crippen LogP contribution in [0.25, 0.3) is 0 Å². The minimum atomic E-state index is -0.893. The molecule has 1 heterocycles. The van der Waals surface area contributed by atoms with Gasteiger partial charge >= 0.3 is 0 Å². The number of anilines is 2. The molecule has 9 heteroatoms. The number of hydrogen-bond acceptors (Lipinski definition) is 7.